The Hall–Kier alpha value is -0.860. The molecule has 102 valence electrons. The molecule has 1 aromatic rings. The summed E-state index contributed by atoms with van der Waals surface area (Å²) in [5, 5.41) is 0. The van der Waals surface area contributed by atoms with Crippen LogP contribution in [0.1, 0.15) is 33.3 Å². The fraction of sp³-hybridized carbons (Fsp3) is 0.625. The monoisotopic (exact) mass is 248 g/mol. The minimum atomic E-state index is 0.186. The second kappa shape index (κ2) is 6.35. The van der Waals surface area contributed by atoms with Crippen molar-refractivity contribution in [2.24, 2.45) is 11.1 Å². The first-order chi connectivity index (χ1) is 8.32. The molecular weight excluding hydrogens is 220 g/mol. The van der Waals surface area contributed by atoms with Crippen LogP contribution in [0, 0.1) is 5.41 Å². The van der Waals surface area contributed by atoms with Crippen LogP contribution in [-0.2, 0) is 6.42 Å². The average Bonchev–Trinajstić information content (AvgIpc) is 2.25. The van der Waals surface area contributed by atoms with Crippen LogP contribution in [-0.4, -0.2) is 30.6 Å². The van der Waals surface area contributed by atoms with Crippen molar-refractivity contribution < 1.29 is 0 Å². The van der Waals surface area contributed by atoms with Crippen molar-refractivity contribution >= 4 is 0 Å². The lowest BCUT2D eigenvalue weighted by molar-refractivity contribution is 0.108. The number of rotatable bonds is 5. The zero-order chi connectivity index (χ0) is 13.8. The molecule has 0 fully saturated rings. The van der Waals surface area contributed by atoms with Gasteiger partial charge in [-0.15, -0.1) is 0 Å². The fourth-order valence-electron chi connectivity index (χ4n) is 2.94. The number of hydrogen-bond donors (Lipinski definition) is 1. The van der Waals surface area contributed by atoms with Crippen molar-refractivity contribution in [1.29, 1.82) is 0 Å². The predicted octanol–water partition coefficient (Wildman–Crippen LogP) is 2.92. The second-order valence-corrected chi connectivity index (χ2v) is 6.39. The van der Waals surface area contributed by atoms with E-state index >= 15 is 0 Å². The van der Waals surface area contributed by atoms with Gasteiger partial charge in [-0.25, -0.2) is 0 Å². The Morgan fingerprint density at radius 2 is 1.72 bits per heavy atom. The predicted molar refractivity (Wildman–Crippen MR) is 79.7 cm³/mol. The molecule has 0 aromatic heterocycles. The highest BCUT2D eigenvalue weighted by atomic mass is 15.2. The second-order valence-electron chi connectivity index (χ2n) is 6.39. The first-order valence-electron chi connectivity index (χ1n) is 6.82. The van der Waals surface area contributed by atoms with Crippen molar-refractivity contribution in [3.8, 4) is 0 Å². The lowest BCUT2D eigenvalue weighted by atomic mass is 9.82. The van der Waals surface area contributed by atoms with Gasteiger partial charge in [0.25, 0.3) is 0 Å². The van der Waals surface area contributed by atoms with E-state index in [0.29, 0.717) is 6.04 Å². The highest BCUT2D eigenvalue weighted by Crippen LogP contribution is 2.25. The molecule has 0 heterocycles. The maximum absolute atomic E-state index is 6.15. The smallest absolute Gasteiger partial charge is 0.0289 e. The number of likely N-dealkylation sites (N-methyl/N-ethyl adjacent to an activating group) is 1. The summed E-state index contributed by atoms with van der Waals surface area (Å²) < 4.78 is 0. The summed E-state index contributed by atoms with van der Waals surface area (Å²) in [6.45, 7) is 9.95. The Labute approximate surface area is 112 Å². The number of nitrogens with zero attached hydrogens (tertiary/aromatic N) is 1. The topological polar surface area (TPSA) is 29.3 Å². The first kappa shape index (κ1) is 15.2. The highest BCUT2D eigenvalue weighted by molar-refractivity contribution is 5.14. The molecule has 0 saturated carbocycles. The molecule has 0 radical (unpaired) electrons. The molecule has 0 spiro atoms. The Morgan fingerprint density at radius 3 is 2.17 bits per heavy atom. The minimum Gasteiger partial charge on any atom is -0.327 e. The van der Waals surface area contributed by atoms with Gasteiger partial charge in [0, 0.05) is 18.6 Å². The maximum Gasteiger partial charge on any atom is 0.0289 e. The van der Waals surface area contributed by atoms with Crippen molar-refractivity contribution in [2.45, 2.75) is 46.2 Å². The number of hydrogen-bond acceptors (Lipinski definition) is 2. The molecular formula is C16H28N2. The molecule has 2 atom stereocenters. The van der Waals surface area contributed by atoms with Crippen LogP contribution < -0.4 is 5.73 Å². The van der Waals surface area contributed by atoms with Crippen LogP contribution in [0.5, 0.6) is 0 Å². The third kappa shape index (κ3) is 4.43. The summed E-state index contributed by atoms with van der Waals surface area (Å²) >= 11 is 0. The van der Waals surface area contributed by atoms with Gasteiger partial charge in [0.15, 0.2) is 0 Å². The van der Waals surface area contributed by atoms with Gasteiger partial charge >= 0.3 is 0 Å². The third-order valence-electron chi connectivity index (χ3n) is 3.46. The molecule has 0 amide bonds. The van der Waals surface area contributed by atoms with Gasteiger partial charge < -0.3 is 10.6 Å². The van der Waals surface area contributed by atoms with Gasteiger partial charge in [-0.3, -0.25) is 0 Å². The molecule has 0 saturated heterocycles. The van der Waals surface area contributed by atoms with Crippen molar-refractivity contribution in [3.63, 3.8) is 0 Å². The zero-order valence-corrected chi connectivity index (χ0v) is 12.5. The molecule has 2 N–H and O–H groups in total. The summed E-state index contributed by atoms with van der Waals surface area (Å²) in [6.07, 6.45) is 1.08. The third-order valence-corrected chi connectivity index (χ3v) is 3.46. The quantitative estimate of drug-likeness (QED) is 0.868. The highest BCUT2D eigenvalue weighted by Gasteiger charge is 2.30. The van der Waals surface area contributed by atoms with Crippen LogP contribution >= 0.6 is 0 Å². The van der Waals surface area contributed by atoms with E-state index in [-0.39, 0.29) is 11.5 Å². The van der Waals surface area contributed by atoms with E-state index < -0.39 is 0 Å². The van der Waals surface area contributed by atoms with Gasteiger partial charge in [0.1, 0.15) is 0 Å². The summed E-state index contributed by atoms with van der Waals surface area (Å²) in [7, 11) is 2.18. The fourth-order valence-corrected chi connectivity index (χ4v) is 2.94. The van der Waals surface area contributed by atoms with Crippen LogP contribution in [0.15, 0.2) is 30.3 Å². The van der Waals surface area contributed by atoms with Crippen molar-refractivity contribution in [2.75, 3.05) is 13.6 Å². The van der Waals surface area contributed by atoms with E-state index in [4.69, 9.17) is 5.73 Å². The standard InChI is InChI=1S/C16H28N2/c1-13(17)15(16(2,3)4)18(5)12-11-14-9-7-6-8-10-14/h6-10,13,15H,11-12,17H2,1-5H3. The van der Waals surface area contributed by atoms with E-state index in [0.717, 1.165) is 13.0 Å². The lowest BCUT2D eigenvalue weighted by Gasteiger charge is -2.40. The van der Waals surface area contributed by atoms with Gasteiger partial charge in [0.2, 0.25) is 0 Å². The summed E-state index contributed by atoms with van der Waals surface area (Å²) in [5.41, 5.74) is 7.75. The molecule has 18 heavy (non-hydrogen) atoms. The van der Waals surface area contributed by atoms with Gasteiger partial charge in [-0.2, -0.15) is 0 Å². The van der Waals surface area contributed by atoms with Crippen molar-refractivity contribution in [1.82, 2.24) is 4.90 Å². The Bertz CT molecular complexity index is 338. The largest absolute Gasteiger partial charge is 0.327 e. The van der Waals surface area contributed by atoms with Crippen molar-refractivity contribution in [3.05, 3.63) is 35.9 Å². The molecule has 0 aliphatic rings. The molecule has 1 aromatic carbocycles. The van der Waals surface area contributed by atoms with Gasteiger partial charge in [0.05, 0.1) is 0 Å². The number of nitrogens with two attached hydrogens (primary N) is 1. The molecule has 2 unspecified atom stereocenters. The molecule has 2 heteroatoms. The number of benzene rings is 1. The summed E-state index contributed by atoms with van der Waals surface area (Å²) in [4.78, 5) is 2.40. The minimum absolute atomic E-state index is 0.186. The van der Waals surface area contributed by atoms with E-state index in [1.165, 1.54) is 5.56 Å². The first-order valence-corrected chi connectivity index (χ1v) is 6.82. The maximum atomic E-state index is 6.15. The van der Waals surface area contributed by atoms with Gasteiger partial charge in [-0.05, 0) is 31.4 Å². The van der Waals surface area contributed by atoms with Crippen LogP contribution in [0.4, 0.5) is 0 Å². The van der Waals surface area contributed by atoms with Crippen LogP contribution in [0.2, 0.25) is 0 Å². The van der Waals surface area contributed by atoms with Gasteiger partial charge in [-0.1, -0.05) is 51.1 Å². The van der Waals surface area contributed by atoms with Crippen LogP contribution in [0.3, 0.4) is 0 Å². The summed E-state index contributed by atoms with van der Waals surface area (Å²) in [5.74, 6) is 0. The van der Waals surface area contributed by atoms with E-state index in [1.807, 2.05) is 0 Å². The van der Waals surface area contributed by atoms with Crippen LogP contribution in [0.25, 0.3) is 0 Å². The normalized spacial score (nSPS) is 15.7. The van der Waals surface area contributed by atoms with E-state index in [9.17, 15) is 0 Å². The summed E-state index contributed by atoms with van der Waals surface area (Å²) in [6, 6.07) is 11.2. The Morgan fingerprint density at radius 1 is 1.17 bits per heavy atom. The molecule has 0 bridgehead atoms. The molecule has 1 rings (SSSR count). The average molecular weight is 248 g/mol. The Balaban J connectivity index is 2.60. The Kier molecular flexibility index (Phi) is 5.36. The zero-order valence-electron chi connectivity index (χ0n) is 12.5. The molecule has 2 nitrogen and oxygen atoms in total. The molecule has 0 aliphatic carbocycles. The SMILES string of the molecule is CC(N)C(N(C)CCc1ccccc1)C(C)(C)C. The molecule has 0 aliphatic heterocycles. The lowest BCUT2D eigenvalue weighted by Crippen LogP contribution is -2.52. The van der Waals surface area contributed by atoms with E-state index in [2.05, 4.69) is 70.0 Å². The van der Waals surface area contributed by atoms with E-state index in [1.54, 1.807) is 0 Å².